The van der Waals surface area contributed by atoms with Crippen LogP contribution in [-0.4, -0.2) is 50.2 Å². The first kappa shape index (κ1) is 15.6. The van der Waals surface area contributed by atoms with Crippen molar-refractivity contribution < 1.29 is 18.3 Å². The van der Waals surface area contributed by atoms with Gasteiger partial charge in [0.05, 0.1) is 12.0 Å². The number of nitrogens with one attached hydrogen (secondary N) is 1. The molecule has 1 saturated heterocycles. The number of ether oxygens (including phenoxy) is 1. The molecule has 116 valence electrons. The lowest BCUT2D eigenvalue weighted by Crippen LogP contribution is -2.60. The Labute approximate surface area is 118 Å². The molecule has 1 aliphatic carbocycles. The molecule has 1 amide bonds. The number of rotatable bonds is 5. The van der Waals surface area contributed by atoms with Crippen LogP contribution in [0.4, 0.5) is 8.78 Å². The molecule has 0 bridgehead atoms. The molecule has 2 fully saturated rings. The summed E-state index contributed by atoms with van der Waals surface area (Å²) in [5.41, 5.74) is -0.902. The third-order valence-electron chi connectivity index (χ3n) is 4.60. The molecule has 2 rings (SSSR count). The number of carbonyl (C=O) groups is 1. The van der Waals surface area contributed by atoms with Crippen LogP contribution in [0.25, 0.3) is 0 Å². The minimum Gasteiger partial charge on any atom is -0.361 e. The molecule has 0 radical (unpaired) electrons. The fraction of sp³-hybridized carbons (Fsp3) is 0.929. The van der Waals surface area contributed by atoms with Gasteiger partial charge in [0.2, 0.25) is 11.8 Å². The molecule has 2 aliphatic rings. The highest BCUT2D eigenvalue weighted by Crippen LogP contribution is 2.57. The standard InChI is InChI=1S/C14H24F2N2O2/c1-11(4-5-17-2)13(8-14(15,16)9-13)12(19)18-6-3-7-20-10-18/h11,17H,3-10H2,1-2H3. The predicted molar refractivity (Wildman–Crippen MR) is 71.5 cm³/mol. The van der Waals surface area contributed by atoms with Crippen molar-refractivity contribution in [3.63, 3.8) is 0 Å². The molecule has 0 aromatic heterocycles. The van der Waals surface area contributed by atoms with Crippen LogP contribution in [0, 0.1) is 11.3 Å². The Kier molecular flexibility index (Phi) is 4.64. The van der Waals surface area contributed by atoms with Gasteiger partial charge in [-0.15, -0.1) is 0 Å². The molecule has 1 aliphatic heterocycles. The van der Waals surface area contributed by atoms with Crippen molar-refractivity contribution in [3.05, 3.63) is 0 Å². The maximum absolute atomic E-state index is 13.4. The van der Waals surface area contributed by atoms with Crippen molar-refractivity contribution in [1.82, 2.24) is 10.2 Å². The molecule has 4 nitrogen and oxygen atoms in total. The van der Waals surface area contributed by atoms with E-state index >= 15 is 0 Å². The summed E-state index contributed by atoms with van der Waals surface area (Å²) in [4.78, 5) is 14.3. The normalized spacial score (nSPS) is 25.9. The Morgan fingerprint density at radius 3 is 2.65 bits per heavy atom. The van der Waals surface area contributed by atoms with Crippen molar-refractivity contribution in [2.24, 2.45) is 11.3 Å². The van der Waals surface area contributed by atoms with E-state index in [0.717, 1.165) is 19.4 Å². The van der Waals surface area contributed by atoms with Gasteiger partial charge in [-0.3, -0.25) is 4.79 Å². The maximum Gasteiger partial charge on any atom is 0.250 e. The topological polar surface area (TPSA) is 41.6 Å². The van der Waals surface area contributed by atoms with Gasteiger partial charge in [0.15, 0.2) is 0 Å². The summed E-state index contributed by atoms with van der Waals surface area (Å²) in [7, 11) is 1.83. The van der Waals surface area contributed by atoms with Crippen molar-refractivity contribution in [1.29, 1.82) is 0 Å². The Balaban J connectivity index is 2.08. The smallest absolute Gasteiger partial charge is 0.250 e. The first-order valence-electron chi connectivity index (χ1n) is 7.31. The third-order valence-corrected chi connectivity index (χ3v) is 4.60. The average molecular weight is 290 g/mol. The third kappa shape index (κ3) is 2.96. The highest BCUT2D eigenvalue weighted by Gasteiger charge is 2.63. The van der Waals surface area contributed by atoms with Crippen molar-refractivity contribution >= 4 is 5.91 Å². The zero-order chi connectivity index (χ0) is 14.8. The van der Waals surface area contributed by atoms with Crippen molar-refractivity contribution in [2.75, 3.05) is 33.5 Å². The van der Waals surface area contributed by atoms with Gasteiger partial charge in [-0.2, -0.15) is 0 Å². The van der Waals surface area contributed by atoms with Crippen LogP contribution in [0.3, 0.4) is 0 Å². The summed E-state index contributed by atoms with van der Waals surface area (Å²) in [6.45, 7) is 4.14. The van der Waals surface area contributed by atoms with Crippen LogP contribution < -0.4 is 5.32 Å². The number of halogens is 2. The number of hydrogen-bond acceptors (Lipinski definition) is 3. The zero-order valence-corrected chi connectivity index (χ0v) is 12.3. The summed E-state index contributed by atoms with van der Waals surface area (Å²) >= 11 is 0. The monoisotopic (exact) mass is 290 g/mol. The highest BCUT2D eigenvalue weighted by atomic mass is 19.3. The van der Waals surface area contributed by atoms with E-state index in [1.807, 2.05) is 14.0 Å². The predicted octanol–water partition coefficient (Wildman–Crippen LogP) is 1.85. The molecular weight excluding hydrogens is 266 g/mol. The number of hydrogen-bond donors (Lipinski definition) is 1. The number of nitrogens with zero attached hydrogens (tertiary/aromatic N) is 1. The van der Waals surface area contributed by atoms with E-state index in [4.69, 9.17) is 4.74 Å². The minimum atomic E-state index is -2.69. The zero-order valence-electron chi connectivity index (χ0n) is 12.3. The quantitative estimate of drug-likeness (QED) is 0.840. The second-order valence-electron chi connectivity index (χ2n) is 6.12. The first-order chi connectivity index (χ1) is 9.41. The molecular formula is C14H24F2N2O2. The second kappa shape index (κ2) is 5.93. The van der Waals surface area contributed by atoms with Crippen LogP contribution in [0.5, 0.6) is 0 Å². The van der Waals surface area contributed by atoms with Gasteiger partial charge in [-0.1, -0.05) is 6.92 Å². The molecule has 1 unspecified atom stereocenters. The van der Waals surface area contributed by atoms with Crippen LogP contribution in [-0.2, 0) is 9.53 Å². The Morgan fingerprint density at radius 1 is 1.45 bits per heavy atom. The minimum absolute atomic E-state index is 0.0519. The molecule has 20 heavy (non-hydrogen) atoms. The Bertz CT molecular complexity index is 349. The summed E-state index contributed by atoms with van der Waals surface area (Å²) in [6.07, 6.45) is 0.872. The van der Waals surface area contributed by atoms with E-state index < -0.39 is 11.3 Å². The molecule has 0 spiro atoms. The van der Waals surface area contributed by atoms with Gasteiger partial charge in [-0.25, -0.2) is 8.78 Å². The molecule has 6 heteroatoms. The molecule has 1 N–H and O–H groups in total. The fourth-order valence-electron chi connectivity index (χ4n) is 3.29. The Morgan fingerprint density at radius 2 is 2.15 bits per heavy atom. The second-order valence-corrected chi connectivity index (χ2v) is 6.12. The van der Waals surface area contributed by atoms with Gasteiger partial charge >= 0.3 is 0 Å². The summed E-state index contributed by atoms with van der Waals surface area (Å²) in [5, 5.41) is 3.02. The molecule has 0 aromatic carbocycles. The van der Waals surface area contributed by atoms with Crippen LogP contribution in [0.2, 0.25) is 0 Å². The Hall–Kier alpha value is -0.750. The molecule has 1 saturated carbocycles. The lowest BCUT2D eigenvalue weighted by Gasteiger charge is -2.51. The number of alkyl halides is 2. The summed E-state index contributed by atoms with van der Waals surface area (Å²) in [6, 6.07) is 0. The maximum atomic E-state index is 13.4. The van der Waals surface area contributed by atoms with Crippen LogP contribution in [0.15, 0.2) is 0 Å². The van der Waals surface area contributed by atoms with E-state index in [0.29, 0.717) is 13.2 Å². The number of carbonyl (C=O) groups excluding carboxylic acids is 1. The van der Waals surface area contributed by atoms with E-state index in [9.17, 15) is 13.6 Å². The van der Waals surface area contributed by atoms with E-state index in [1.54, 1.807) is 4.90 Å². The van der Waals surface area contributed by atoms with E-state index in [2.05, 4.69) is 5.32 Å². The van der Waals surface area contributed by atoms with Crippen molar-refractivity contribution in [2.45, 2.75) is 38.5 Å². The molecule has 1 heterocycles. The highest BCUT2D eigenvalue weighted by molar-refractivity contribution is 5.84. The van der Waals surface area contributed by atoms with E-state index in [-0.39, 0.29) is 31.4 Å². The van der Waals surface area contributed by atoms with Gasteiger partial charge in [-0.05, 0) is 32.4 Å². The summed E-state index contributed by atoms with van der Waals surface area (Å²) in [5.74, 6) is -2.89. The van der Waals surface area contributed by atoms with Crippen molar-refractivity contribution in [3.8, 4) is 0 Å². The number of amides is 1. The lowest BCUT2D eigenvalue weighted by molar-refractivity contribution is -0.205. The fourth-order valence-corrected chi connectivity index (χ4v) is 3.29. The van der Waals surface area contributed by atoms with Gasteiger partial charge in [0.25, 0.3) is 0 Å². The SMILES string of the molecule is CNCCC(C)C1(C(=O)N2CCCOC2)CC(F)(F)C1. The van der Waals surface area contributed by atoms with E-state index in [1.165, 1.54) is 0 Å². The van der Waals surface area contributed by atoms with Crippen LogP contribution >= 0.6 is 0 Å². The van der Waals surface area contributed by atoms with Crippen LogP contribution in [0.1, 0.15) is 32.6 Å². The summed E-state index contributed by atoms with van der Waals surface area (Å²) < 4.78 is 32.1. The largest absolute Gasteiger partial charge is 0.361 e. The average Bonchev–Trinajstić information content (AvgIpc) is 2.41. The molecule has 1 atom stereocenters. The van der Waals surface area contributed by atoms with Gasteiger partial charge in [0.1, 0.15) is 6.73 Å². The van der Waals surface area contributed by atoms with Gasteiger partial charge in [0, 0.05) is 19.4 Å². The van der Waals surface area contributed by atoms with Gasteiger partial charge < -0.3 is 15.0 Å². The first-order valence-corrected chi connectivity index (χ1v) is 7.31. The lowest BCUT2D eigenvalue weighted by atomic mass is 9.57. The molecule has 0 aromatic rings.